The molecule has 1 saturated heterocycles. The predicted octanol–water partition coefficient (Wildman–Crippen LogP) is 4.00. The highest BCUT2D eigenvalue weighted by Gasteiger charge is 2.25. The van der Waals surface area contributed by atoms with Gasteiger partial charge in [0.15, 0.2) is 0 Å². The maximum atomic E-state index is 13.3. The number of hydrogen-bond donors (Lipinski definition) is 0. The van der Waals surface area contributed by atoms with Gasteiger partial charge >= 0.3 is 0 Å². The number of nitrogens with zero attached hydrogens (tertiary/aromatic N) is 4. The van der Waals surface area contributed by atoms with Gasteiger partial charge in [0.2, 0.25) is 0 Å². The smallest absolute Gasteiger partial charge is 0.276 e. The summed E-state index contributed by atoms with van der Waals surface area (Å²) in [5, 5.41) is 0. The van der Waals surface area contributed by atoms with Crippen LogP contribution < -0.4 is 14.7 Å². The van der Waals surface area contributed by atoms with Gasteiger partial charge in [-0.15, -0.1) is 0 Å². The largest absolute Gasteiger partial charge is 0.368 e. The Morgan fingerprint density at radius 2 is 1.47 bits per heavy atom. The van der Waals surface area contributed by atoms with Gasteiger partial charge in [0.1, 0.15) is 5.69 Å². The highest BCUT2D eigenvalue weighted by molar-refractivity contribution is 6.05. The van der Waals surface area contributed by atoms with Crippen molar-refractivity contribution in [2.45, 2.75) is 12.8 Å². The molecule has 5 nitrogen and oxygen atoms in total. The molecule has 3 heterocycles. The van der Waals surface area contributed by atoms with E-state index in [4.69, 9.17) is 0 Å². The van der Waals surface area contributed by atoms with E-state index in [9.17, 15) is 4.79 Å². The van der Waals surface area contributed by atoms with Crippen LogP contribution in [0.3, 0.4) is 0 Å². The molecule has 5 heteroatoms. The molecule has 0 unspecified atom stereocenters. The third kappa shape index (κ3) is 3.63. The van der Waals surface area contributed by atoms with Crippen LogP contribution in [0.2, 0.25) is 0 Å². The minimum Gasteiger partial charge on any atom is -0.368 e. The Hall–Kier alpha value is -3.34. The first-order chi connectivity index (χ1) is 14.8. The van der Waals surface area contributed by atoms with E-state index in [2.05, 4.69) is 51.2 Å². The molecule has 30 heavy (non-hydrogen) atoms. The molecule has 5 rings (SSSR count). The Labute approximate surface area is 177 Å². The van der Waals surface area contributed by atoms with E-state index in [-0.39, 0.29) is 5.91 Å². The van der Waals surface area contributed by atoms with Gasteiger partial charge in [-0.1, -0.05) is 36.4 Å². The molecular formula is C25H26N4O. The Bertz CT molecular complexity index is 1030. The van der Waals surface area contributed by atoms with Crippen molar-refractivity contribution < 1.29 is 4.79 Å². The summed E-state index contributed by atoms with van der Waals surface area (Å²) in [5.41, 5.74) is 5.13. The van der Waals surface area contributed by atoms with Crippen molar-refractivity contribution in [3.63, 3.8) is 0 Å². The molecule has 0 saturated carbocycles. The molecule has 1 amide bonds. The second-order valence-corrected chi connectivity index (χ2v) is 7.90. The molecule has 0 spiro atoms. The van der Waals surface area contributed by atoms with E-state index in [1.165, 1.54) is 11.3 Å². The van der Waals surface area contributed by atoms with E-state index in [1.807, 2.05) is 35.2 Å². The number of hydrogen-bond acceptors (Lipinski definition) is 4. The molecular weight excluding hydrogens is 372 g/mol. The number of benzene rings is 2. The lowest BCUT2D eigenvalue weighted by Gasteiger charge is -2.37. The number of anilines is 3. The van der Waals surface area contributed by atoms with Crippen LogP contribution in [0.25, 0.3) is 0 Å². The number of para-hydroxylation sites is 2. The molecule has 0 N–H and O–H groups in total. The first-order valence-electron chi connectivity index (χ1n) is 10.7. The highest BCUT2D eigenvalue weighted by Crippen LogP contribution is 2.28. The monoisotopic (exact) mass is 398 g/mol. The molecule has 2 aliphatic rings. The van der Waals surface area contributed by atoms with E-state index < -0.39 is 0 Å². The second-order valence-electron chi connectivity index (χ2n) is 7.90. The van der Waals surface area contributed by atoms with Crippen molar-refractivity contribution in [1.29, 1.82) is 0 Å². The number of piperazine rings is 1. The van der Waals surface area contributed by atoms with Crippen molar-refractivity contribution >= 4 is 23.0 Å². The van der Waals surface area contributed by atoms with Crippen LogP contribution in [0, 0.1) is 0 Å². The summed E-state index contributed by atoms with van der Waals surface area (Å²) in [6.45, 7) is 4.54. The zero-order valence-corrected chi connectivity index (χ0v) is 17.1. The summed E-state index contributed by atoms with van der Waals surface area (Å²) < 4.78 is 0. The fourth-order valence-corrected chi connectivity index (χ4v) is 4.48. The molecule has 0 bridgehead atoms. The normalized spacial score (nSPS) is 16.3. The zero-order chi connectivity index (χ0) is 20.3. The van der Waals surface area contributed by atoms with Crippen molar-refractivity contribution in [3.8, 4) is 0 Å². The number of aryl methyl sites for hydroxylation is 1. The maximum Gasteiger partial charge on any atom is 0.276 e. The molecule has 0 radical (unpaired) electrons. The SMILES string of the molecule is O=C(c1cc(N2CCN(c3ccccc3)CC2)ccn1)N1CCCc2ccccc21. The zero-order valence-electron chi connectivity index (χ0n) is 17.1. The lowest BCUT2D eigenvalue weighted by atomic mass is 10.0. The average molecular weight is 399 g/mol. The molecule has 152 valence electrons. The fourth-order valence-electron chi connectivity index (χ4n) is 4.48. The third-order valence-electron chi connectivity index (χ3n) is 6.08. The van der Waals surface area contributed by atoms with Crippen LogP contribution in [-0.2, 0) is 6.42 Å². The summed E-state index contributed by atoms with van der Waals surface area (Å²) in [6.07, 6.45) is 3.78. The summed E-state index contributed by atoms with van der Waals surface area (Å²) in [7, 11) is 0. The van der Waals surface area contributed by atoms with Gasteiger partial charge in [-0.3, -0.25) is 9.78 Å². The molecule has 0 atom stereocenters. The van der Waals surface area contributed by atoms with E-state index in [1.54, 1.807) is 6.20 Å². The van der Waals surface area contributed by atoms with Crippen molar-refractivity contribution in [2.75, 3.05) is 47.4 Å². The second kappa shape index (κ2) is 8.19. The van der Waals surface area contributed by atoms with Gasteiger partial charge < -0.3 is 14.7 Å². The Morgan fingerprint density at radius 3 is 2.27 bits per heavy atom. The Morgan fingerprint density at radius 1 is 0.767 bits per heavy atom. The number of carbonyl (C=O) groups is 1. The van der Waals surface area contributed by atoms with Crippen LogP contribution in [-0.4, -0.2) is 43.6 Å². The van der Waals surface area contributed by atoms with Gasteiger partial charge in [-0.25, -0.2) is 0 Å². The van der Waals surface area contributed by atoms with E-state index in [0.29, 0.717) is 5.69 Å². The minimum atomic E-state index is -0.00748. The maximum absolute atomic E-state index is 13.3. The molecule has 2 aliphatic heterocycles. The molecule has 3 aromatic rings. The first kappa shape index (κ1) is 18.7. The van der Waals surface area contributed by atoms with Gasteiger partial charge in [-0.2, -0.15) is 0 Å². The van der Waals surface area contributed by atoms with E-state index in [0.717, 1.165) is 56.9 Å². The van der Waals surface area contributed by atoms with Crippen molar-refractivity contribution in [1.82, 2.24) is 4.98 Å². The van der Waals surface area contributed by atoms with Crippen LogP contribution >= 0.6 is 0 Å². The first-order valence-corrected chi connectivity index (χ1v) is 10.7. The summed E-state index contributed by atoms with van der Waals surface area (Å²) >= 11 is 0. The number of carbonyl (C=O) groups excluding carboxylic acids is 1. The summed E-state index contributed by atoms with van der Waals surface area (Å²) in [5.74, 6) is -0.00748. The van der Waals surface area contributed by atoms with Crippen LogP contribution in [0.4, 0.5) is 17.1 Å². The Kier molecular flexibility index (Phi) is 5.10. The van der Waals surface area contributed by atoms with E-state index >= 15 is 0 Å². The van der Waals surface area contributed by atoms with Crippen LogP contribution in [0.15, 0.2) is 72.9 Å². The third-order valence-corrected chi connectivity index (χ3v) is 6.08. The molecule has 0 aliphatic carbocycles. The fraction of sp³-hybridized carbons (Fsp3) is 0.280. The number of pyridine rings is 1. The lowest BCUT2D eigenvalue weighted by molar-refractivity contribution is 0.0980. The molecule has 2 aromatic carbocycles. The highest BCUT2D eigenvalue weighted by atomic mass is 16.2. The number of rotatable bonds is 3. The summed E-state index contributed by atoms with van der Waals surface area (Å²) in [6, 6.07) is 22.7. The quantitative estimate of drug-likeness (QED) is 0.669. The van der Waals surface area contributed by atoms with Gasteiger partial charge in [0.25, 0.3) is 5.91 Å². The lowest BCUT2D eigenvalue weighted by Crippen LogP contribution is -2.46. The average Bonchev–Trinajstić information content (AvgIpc) is 2.84. The standard InChI is InChI=1S/C25H26N4O/c30-25(29-14-6-8-20-7-4-5-11-24(20)29)23-19-22(12-13-26-23)28-17-15-27(16-18-28)21-9-2-1-3-10-21/h1-5,7,9-13,19H,6,8,14-18H2. The topological polar surface area (TPSA) is 39.7 Å². The summed E-state index contributed by atoms with van der Waals surface area (Å²) in [4.78, 5) is 24.3. The van der Waals surface area contributed by atoms with Crippen molar-refractivity contribution in [2.24, 2.45) is 0 Å². The van der Waals surface area contributed by atoms with Gasteiger partial charge in [0.05, 0.1) is 0 Å². The number of aromatic nitrogens is 1. The van der Waals surface area contributed by atoms with Crippen molar-refractivity contribution in [3.05, 3.63) is 84.2 Å². The Balaban J connectivity index is 1.31. The molecule has 1 fully saturated rings. The molecule has 1 aromatic heterocycles. The number of fused-ring (bicyclic) bond motifs is 1. The van der Waals surface area contributed by atoms with Crippen LogP contribution in [0.1, 0.15) is 22.5 Å². The van der Waals surface area contributed by atoms with Gasteiger partial charge in [0, 0.05) is 56.0 Å². The van der Waals surface area contributed by atoms with Crippen LogP contribution in [0.5, 0.6) is 0 Å². The predicted molar refractivity (Wildman–Crippen MR) is 122 cm³/mol. The van der Waals surface area contributed by atoms with Gasteiger partial charge in [-0.05, 0) is 48.7 Å². The number of amides is 1. The minimum absolute atomic E-state index is 0.00748.